The van der Waals surface area contributed by atoms with Gasteiger partial charge in [-0.15, -0.1) is 0 Å². The first kappa shape index (κ1) is 9.82. The van der Waals surface area contributed by atoms with Crippen LogP contribution in [0.5, 0.6) is 0 Å². The minimum atomic E-state index is -3.43. The van der Waals surface area contributed by atoms with Crippen LogP contribution < -0.4 is 15.2 Å². The lowest BCUT2D eigenvalue weighted by Crippen LogP contribution is -2.26. The van der Waals surface area contributed by atoms with Crippen molar-refractivity contribution in [3.05, 3.63) is 24.3 Å². The first-order chi connectivity index (χ1) is 6.03. The smallest absolute Gasteiger partial charge is 0.298 e. The van der Waals surface area contributed by atoms with Crippen molar-refractivity contribution in [2.75, 3.05) is 17.5 Å². The second-order valence-electron chi connectivity index (χ2n) is 2.43. The molecule has 0 radical (unpaired) electrons. The van der Waals surface area contributed by atoms with E-state index in [0.717, 1.165) is 0 Å². The van der Waals surface area contributed by atoms with E-state index in [-0.39, 0.29) is 0 Å². The molecule has 0 fully saturated rings. The van der Waals surface area contributed by atoms with Gasteiger partial charge in [-0.05, 0) is 24.3 Å². The highest BCUT2D eigenvalue weighted by molar-refractivity contribution is 7.90. The van der Waals surface area contributed by atoms with E-state index < -0.39 is 10.2 Å². The van der Waals surface area contributed by atoms with Gasteiger partial charge in [0, 0.05) is 18.4 Å². The lowest BCUT2D eigenvalue weighted by molar-refractivity contribution is 0.593. The minimum absolute atomic E-state index is 0.476. The maximum absolute atomic E-state index is 11.0. The number of benzene rings is 1. The van der Waals surface area contributed by atoms with Gasteiger partial charge < -0.3 is 5.73 Å². The molecule has 4 N–H and O–H groups in total. The van der Waals surface area contributed by atoms with Gasteiger partial charge in [-0.2, -0.15) is 8.42 Å². The summed E-state index contributed by atoms with van der Waals surface area (Å²) in [6.07, 6.45) is 0. The van der Waals surface area contributed by atoms with Gasteiger partial charge in [-0.25, -0.2) is 4.72 Å². The Morgan fingerprint density at radius 2 is 1.77 bits per heavy atom. The van der Waals surface area contributed by atoms with Gasteiger partial charge in [0.1, 0.15) is 0 Å². The summed E-state index contributed by atoms with van der Waals surface area (Å²) in [7, 11) is -2.09. The number of rotatable bonds is 3. The van der Waals surface area contributed by atoms with E-state index in [0.29, 0.717) is 11.4 Å². The van der Waals surface area contributed by atoms with Gasteiger partial charge in [0.15, 0.2) is 0 Å². The molecule has 0 spiro atoms. The Hall–Kier alpha value is -1.27. The van der Waals surface area contributed by atoms with Crippen LogP contribution in [0.2, 0.25) is 0 Å². The van der Waals surface area contributed by atoms with Crippen molar-refractivity contribution >= 4 is 21.6 Å². The summed E-state index contributed by atoms with van der Waals surface area (Å²) in [4.78, 5) is 0. The molecule has 1 aromatic rings. The second-order valence-corrected chi connectivity index (χ2v) is 4.05. The molecule has 6 heteroatoms. The monoisotopic (exact) mass is 201 g/mol. The number of nitrogen functional groups attached to an aromatic ring is 1. The molecule has 0 aliphatic carbocycles. The van der Waals surface area contributed by atoms with Crippen molar-refractivity contribution in [2.24, 2.45) is 0 Å². The van der Waals surface area contributed by atoms with Crippen molar-refractivity contribution in [2.45, 2.75) is 0 Å². The Labute approximate surface area is 77.1 Å². The predicted molar refractivity (Wildman–Crippen MR) is 52.5 cm³/mol. The Morgan fingerprint density at radius 1 is 1.23 bits per heavy atom. The molecule has 1 aromatic carbocycles. The molecular weight excluding hydrogens is 190 g/mol. The zero-order valence-corrected chi connectivity index (χ0v) is 7.93. The molecule has 0 aliphatic rings. The SMILES string of the molecule is CNS(=O)(=O)Nc1ccc(N)cc1. The number of anilines is 2. The van der Waals surface area contributed by atoms with Crippen LogP contribution in [0.4, 0.5) is 11.4 Å². The largest absolute Gasteiger partial charge is 0.399 e. The van der Waals surface area contributed by atoms with E-state index in [4.69, 9.17) is 5.73 Å². The van der Waals surface area contributed by atoms with Crippen LogP contribution in [0.25, 0.3) is 0 Å². The molecule has 0 aliphatic heterocycles. The average Bonchev–Trinajstić information content (AvgIpc) is 2.09. The maximum Gasteiger partial charge on any atom is 0.298 e. The molecule has 0 bridgehead atoms. The summed E-state index contributed by atoms with van der Waals surface area (Å²) in [5.41, 5.74) is 6.50. The predicted octanol–water partition coefficient (Wildman–Crippen LogP) is 0.145. The third-order valence-electron chi connectivity index (χ3n) is 1.43. The third-order valence-corrected chi connectivity index (χ3v) is 2.47. The standard InChI is InChI=1S/C7H11N3O2S/c1-9-13(11,12)10-7-4-2-6(8)3-5-7/h2-5,9-10H,8H2,1H3. The minimum Gasteiger partial charge on any atom is -0.399 e. The van der Waals surface area contributed by atoms with Crippen molar-refractivity contribution < 1.29 is 8.42 Å². The Morgan fingerprint density at radius 3 is 2.23 bits per heavy atom. The van der Waals surface area contributed by atoms with Crippen LogP contribution in [-0.2, 0) is 10.2 Å². The molecule has 13 heavy (non-hydrogen) atoms. The number of hydrogen-bond acceptors (Lipinski definition) is 3. The summed E-state index contributed by atoms with van der Waals surface area (Å²) in [6.45, 7) is 0. The summed E-state index contributed by atoms with van der Waals surface area (Å²) < 4.78 is 26.4. The number of nitrogens with two attached hydrogens (primary N) is 1. The van der Waals surface area contributed by atoms with Crippen LogP contribution in [0, 0.1) is 0 Å². The van der Waals surface area contributed by atoms with Crippen LogP contribution in [-0.4, -0.2) is 15.5 Å². The number of hydrogen-bond donors (Lipinski definition) is 3. The summed E-state index contributed by atoms with van der Waals surface area (Å²) >= 11 is 0. The van der Waals surface area contributed by atoms with Crippen molar-refractivity contribution in [1.82, 2.24) is 4.72 Å². The lowest BCUT2D eigenvalue weighted by atomic mass is 10.3. The Balaban J connectivity index is 2.82. The Kier molecular flexibility index (Phi) is 2.74. The molecule has 0 saturated carbocycles. The first-order valence-corrected chi connectivity index (χ1v) is 5.08. The number of nitrogens with one attached hydrogen (secondary N) is 2. The summed E-state index contributed by atoms with van der Waals surface area (Å²) in [5.74, 6) is 0. The van der Waals surface area contributed by atoms with Crippen molar-refractivity contribution in [3.63, 3.8) is 0 Å². The van der Waals surface area contributed by atoms with E-state index in [1.54, 1.807) is 24.3 Å². The molecule has 0 saturated heterocycles. The van der Waals surface area contributed by atoms with Crippen molar-refractivity contribution in [3.8, 4) is 0 Å². The molecular formula is C7H11N3O2S. The fraction of sp³-hybridized carbons (Fsp3) is 0.143. The van der Waals surface area contributed by atoms with Gasteiger partial charge in [0.25, 0.3) is 10.2 Å². The zero-order valence-electron chi connectivity index (χ0n) is 7.11. The van der Waals surface area contributed by atoms with E-state index in [1.165, 1.54) is 7.05 Å². The average molecular weight is 201 g/mol. The Bertz CT molecular complexity index is 371. The summed E-state index contributed by atoms with van der Waals surface area (Å²) in [6, 6.07) is 6.41. The van der Waals surface area contributed by atoms with Crippen LogP contribution >= 0.6 is 0 Å². The maximum atomic E-state index is 11.0. The molecule has 0 unspecified atom stereocenters. The van der Waals surface area contributed by atoms with Gasteiger partial charge in [-0.3, -0.25) is 4.72 Å². The van der Waals surface area contributed by atoms with Gasteiger partial charge in [-0.1, -0.05) is 0 Å². The quantitative estimate of drug-likeness (QED) is 0.608. The van der Waals surface area contributed by atoms with E-state index >= 15 is 0 Å². The fourth-order valence-corrected chi connectivity index (χ4v) is 1.31. The van der Waals surface area contributed by atoms with Crippen LogP contribution in [0.15, 0.2) is 24.3 Å². The van der Waals surface area contributed by atoms with Crippen LogP contribution in [0.1, 0.15) is 0 Å². The molecule has 1 rings (SSSR count). The molecule has 0 amide bonds. The third kappa shape index (κ3) is 2.92. The van der Waals surface area contributed by atoms with E-state index in [1.807, 2.05) is 0 Å². The molecule has 72 valence electrons. The first-order valence-electron chi connectivity index (χ1n) is 3.60. The molecule has 0 atom stereocenters. The molecule has 0 heterocycles. The highest BCUT2D eigenvalue weighted by atomic mass is 32.2. The topological polar surface area (TPSA) is 84.2 Å². The lowest BCUT2D eigenvalue weighted by Gasteiger charge is -2.05. The van der Waals surface area contributed by atoms with Crippen molar-refractivity contribution in [1.29, 1.82) is 0 Å². The fourth-order valence-electron chi connectivity index (χ4n) is 0.757. The molecule has 5 nitrogen and oxygen atoms in total. The second kappa shape index (κ2) is 3.63. The van der Waals surface area contributed by atoms with E-state index in [9.17, 15) is 8.42 Å². The van der Waals surface area contributed by atoms with Crippen LogP contribution in [0.3, 0.4) is 0 Å². The van der Waals surface area contributed by atoms with E-state index in [2.05, 4.69) is 9.44 Å². The highest BCUT2D eigenvalue weighted by Crippen LogP contribution is 2.11. The highest BCUT2D eigenvalue weighted by Gasteiger charge is 2.04. The summed E-state index contributed by atoms with van der Waals surface area (Å²) in [5, 5.41) is 0. The van der Waals surface area contributed by atoms with Gasteiger partial charge in [0.2, 0.25) is 0 Å². The molecule has 0 aromatic heterocycles. The van der Waals surface area contributed by atoms with Gasteiger partial charge in [0.05, 0.1) is 0 Å². The normalized spacial score (nSPS) is 11.2. The van der Waals surface area contributed by atoms with Gasteiger partial charge >= 0.3 is 0 Å². The zero-order chi connectivity index (χ0) is 9.90.